The van der Waals surface area contributed by atoms with E-state index in [0.717, 1.165) is 19.3 Å². The van der Waals surface area contributed by atoms with Crippen LogP contribution in [0.1, 0.15) is 29.6 Å². The Morgan fingerprint density at radius 3 is 2.94 bits per heavy atom. The molecular weight excluding hydrogens is 252 g/mol. The fourth-order valence-corrected chi connectivity index (χ4v) is 2.52. The SMILES string of the molecule is NCC1CCCCN1C(=O)c1ccc(Cl)cc1O. The summed E-state index contributed by atoms with van der Waals surface area (Å²) in [5.74, 6) is -0.242. The Labute approximate surface area is 111 Å². The van der Waals surface area contributed by atoms with Crippen LogP contribution < -0.4 is 5.73 Å². The summed E-state index contributed by atoms with van der Waals surface area (Å²) in [4.78, 5) is 14.1. The molecule has 1 aromatic carbocycles. The van der Waals surface area contributed by atoms with Crippen molar-refractivity contribution < 1.29 is 9.90 Å². The second-order valence-electron chi connectivity index (χ2n) is 4.55. The van der Waals surface area contributed by atoms with Crippen molar-refractivity contribution >= 4 is 17.5 Å². The number of hydrogen-bond donors (Lipinski definition) is 2. The van der Waals surface area contributed by atoms with Crippen molar-refractivity contribution in [1.29, 1.82) is 0 Å². The standard InChI is InChI=1S/C13H17ClN2O2/c14-9-4-5-11(12(17)7-9)13(18)16-6-2-1-3-10(16)8-15/h4-5,7,10,17H,1-3,6,8,15H2. The van der Waals surface area contributed by atoms with E-state index in [4.69, 9.17) is 17.3 Å². The van der Waals surface area contributed by atoms with E-state index in [-0.39, 0.29) is 17.7 Å². The van der Waals surface area contributed by atoms with Crippen molar-refractivity contribution in [2.45, 2.75) is 25.3 Å². The lowest BCUT2D eigenvalue weighted by atomic mass is 10.0. The van der Waals surface area contributed by atoms with Crippen molar-refractivity contribution in [3.05, 3.63) is 28.8 Å². The topological polar surface area (TPSA) is 66.6 Å². The van der Waals surface area contributed by atoms with Gasteiger partial charge >= 0.3 is 0 Å². The summed E-state index contributed by atoms with van der Waals surface area (Å²) >= 11 is 5.76. The maximum Gasteiger partial charge on any atom is 0.257 e. The van der Waals surface area contributed by atoms with Gasteiger partial charge in [-0.25, -0.2) is 0 Å². The smallest absolute Gasteiger partial charge is 0.257 e. The highest BCUT2D eigenvalue weighted by atomic mass is 35.5. The summed E-state index contributed by atoms with van der Waals surface area (Å²) in [6.45, 7) is 1.16. The summed E-state index contributed by atoms with van der Waals surface area (Å²) in [7, 11) is 0. The predicted molar refractivity (Wildman–Crippen MR) is 70.8 cm³/mol. The molecule has 4 nitrogen and oxygen atoms in total. The van der Waals surface area contributed by atoms with Crippen LogP contribution in [0.25, 0.3) is 0 Å². The monoisotopic (exact) mass is 268 g/mol. The predicted octanol–water partition coefficient (Wildman–Crippen LogP) is 2.00. The number of benzene rings is 1. The van der Waals surface area contributed by atoms with Crippen molar-refractivity contribution in [1.82, 2.24) is 4.90 Å². The van der Waals surface area contributed by atoms with Gasteiger partial charge in [0.05, 0.1) is 5.56 Å². The zero-order chi connectivity index (χ0) is 13.1. The van der Waals surface area contributed by atoms with E-state index in [1.165, 1.54) is 6.07 Å². The van der Waals surface area contributed by atoms with Gasteiger partial charge in [-0.05, 0) is 37.5 Å². The number of halogens is 1. The first-order chi connectivity index (χ1) is 8.63. The van der Waals surface area contributed by atoms with Crippen molar-refractivity contribution in [2.24, 2.45) is 5.73 Å². The molecule has 1 aromatic rings. The molecule has 2 rings (SSSR count). The second-order valence-corrected chi connectivity index (χ2v) is 4.98. The normalized spacial score (nSPS) is 19.9. The van der Waals surface area contributed by atoms with Crippen LogP contribution in [0.3, 0.4) is 0 Å². The lowest BCUT2D eigenvalue weighted by molar-refractivity contribution is 0.0620. The van der Waals surface area contributed by atoms with Gasteiger partial charge in [0, 0.05) is 24.2 Å². The first kappa shape index (κ1) is 13.2. The van der Waals surface area contributed by atoms with Gasteiger partial charge in [-0.2, -0.15) is 0 Å². The van der Waals surface area contributed by atoms with E-state index < -0.39 is 0 Å². The van der Waals surface area contributed by atoms with E-state index in [2.05, 4.69) is 0 Å². The minimum atomic E-state index is -0.167. The highest BCUT2D eigenvalue weighted by Gasteiger charge is 2.27. The zero-order valence-corrected chi connectivity index (χ0v) is 10.9. The van der Waals surface area contributed by atoms with E-state index in [1.807, 2.05) is 0 Å². The van der Waals surface area contributed by atoms with Gasteiger partial charge in [0.25, 0.3) is 5.91 Å². The molecule has 18 heavy (non-hydrogen) atoms. The third kappa shape index (κ3) is 2.60. The average molecular weight is 269 g/mol. The number of nitrogens with two attached hydrogens (primary N) is 1. The number of carbonyl (C=O) groups excluding carboxylic acids is 1. The minimum absolute atomic E-state index is 0.0707. The quantitative estimate of drug-likeness (QED) is 0.862. The largest absolute Gasteiger partial charge is 0.507 e. The van der Waals surface area contributed by atoms with Crippen LogP contribution >= 0.6 is 11.6 Å². The van der Waals surface area contributed by atoms with Crippen LogP contribution in [0.4, 0.5) is 0 Å². The van der Waals surface area contributed by atoms with Gasteiger partial charge in [0.15, 0.2) is 0 Å². The highest BCUT2D eigenvalue weighted by Crippen LogP contribution is 2.26. The molecule has 1 aliphatic heterocycles. The number of phenols is 1. The number of carbonyl (C=O) groups is 1. The fraction of sp³-hybridized carbons (Fsp3) is 0.462. The molecule has 1 saturated heterocycles. The zero-order valence-electron chi connectivity index (χ0n) is 10.1. The van der Waals surface area contributed by atoms with Crippen molar-refractivity contribution in [3.8, 4) is 5.75 Å². The summed E-state index contributed by atoms with van der Waals surface area (Å²) in [6.07, 6.45) is 3.01. The summed E-state index contributed by atoms with van der Waals surface area (Å²) in [5, 5.41) is 10.2. The Hall–Kier alpha value is -1.26. The summed E-state index contributed by atoms with van der Waals surface area (Å²) in [5.41, 5.74) is 5.99. The van der Waals surface area contributed by atoms with Crippen LogP contribution in [0.5, 0.6) is 5.75 Å². The molecule has 1 fully saturated rings. The molecule has 0 radical (unpaired) electrons. The number of piperidine rings is 1. The number of rotatable bonds is 2. The van der Waals surface area contributed by atoms with Crippen LogP contribution in [-0.2, 0) is 0 Å². The van der Waals surface area contributed by atoms with Crippen LogP contribution in [-0.4, -0.2) is 35.0 Å². The lowest BCUT2D eigenvalue weighted by Gasteiger charge is -2.35. The molecule has 0 bridgehead atoms. The number of amides is 1. The molecule has 3 N–H and O–H groups in total. The number of aromatic hydroxyl groups is 1. The molecule has 1 atom stereocenters. The van der Waals surface area contributed by atoms with E-state index >= 15 is 0 Å². The maximum absolute atomic E-state index is 12.4. The van der Waals surface area contributed by atoms with Gasteiger partial charge in [0.2, 0.25) is 0 Å². The van der Waals surface area contributed by atoms with Gasteiger partial charge < -0.3 is 15.7 Å². The Morgan fingerprint density at radius 1 is 1.50 bits per heavy atom. The second kappa shape index (κ2) is 5.59. The summed E-state index contributed by atoms with van der Waals surface area (Å²) in [6, 6.07) is 4.62. The maximum atomic E-state index is 12.4. The molecule has 0 spiro atoms. The average Bonchev–Trinajstić information content (AvgIpc) is 2.38. The van der Waals surface area contributed by atoms with Crippen molar-refractivity contribution in [2.75, 3.05) is 13.1 Å². The Balaban J connectivity index is 2.24. The van der Waals surface area contributed by atoms with E-state index in [1.54, 1.807) is 17.0 Å². The van der Waals surface area contributed by atoms with Gasteiger partial charge in [-0.3, -0.25) is 4.79 Å². The molecule has 98 valence electrons. The molecule has 5 heteroatoms. The van der Waals surface area contributed by atoms with Crippen molar-refractivity contribution in [3.63, 3.8) is 0 Å². The first-order valence-electron chi connectivity index (χ1n) is 6.13. The molecule has 1 unspecified atom stereocenters. The fourth-order valence-electron chi connectivity index (χ4n) is 2.35. The Kier molecular flexibility index (Phi) is 4.09. The van der Waals surface area contributed by atoms with Crippen LogP contribution in [0.2, 0.25) is 5.02 Å². The molecule has 0 aromatic heterocycles. The third-order valence-corrected chi connectivity index (χ3v) is 3.59. The number of hydrogen-bond acceptors (Lipinski definition) is 3. The molecule has 0 aliphatic carbocycles. The number of phenolic OH excluding ortho intramolecular Hbond substituents is 1. The number of nitrogens with zero attached hydrogens (tertiary/aromatic N) is 1. The molecule has 1 heterocycles. The minimum Gasteiger partial charge on any atom is -0.507 e. The Morgan fingerprint density at radius 2 is 2.28 bits per heavy atom. The lowest BCUT2D eigenvalue weighted by Crippen LogP contribution is -2.47. The van der Waals surface area contributed by atoms with Gasteiger partial charge in [-0.15, -0.1) is 0 Å². The molecule has 1 aliphatic rings. The van der Waals surface area contributed by atoms with Gasteiger partial charge in [0.1, 0.15) is 5.75 Å². The Bertz CT molecular complexity index is 451. The van der Waals surface area contributed by atoms with E-state index in [9.17, 15) is 9.90 Å². The van der Waals surface area contributed by atoms with Gasteiger partial charge in [-0.1, -0.05) is 11.6 Å². The third-order valence-electron chi connectivity index (χ3n) is 3.35. The summed E-state index contributed by atoms with van der Waals surface area (Å²) < 4.78 is 0. The highest BCUT2D eigenvalue weighted by molar-refractivity contribution is 6.30. The molecular formula is C13H17ClN2O2. The number of likely N-dealkylation sites (tertiary alicyclic amines) is 1. The first-order valence-corrected chi connectivity index (χ1v) is 6.51. The van der Waals surface area contributed by atoms with E-state index in [0.29, 0.717) is 23.7 Å². The van der Waals surface area contributed by atoms with Crippen LogP contribution in [0, 0.1) is 0 Å². The van der Waals surface area contributed by atoms with Crippen LogP contribution in [0.15, 0.2) is 18.2 Å². The molecule has 0 saturated carbocycles. The molecule has 1 amide bonds.